The maximum Gasteiger partial charge on any atom is 0.243 e. The zero-order valence-corrected chi connectivity index (χ0v) is 10.9. The number of nitrogens with zero attached hydrogens (tertiary/aromatic N) is 2. The van der Waals surface area contributed by atoms with E-state index < -0.39 is 6.04 Å². The summed E-state index contributed by atoms with van der Waals surface area (Å²) in [4.78, 5) is 19.7. The van der Waals surface area contributed by atoms with Gasteiger partial charge >= 0.3 is 0 Å². The molecule has 0 unspecified atom stereocenters. The first kappa shape index (κ1) is 14.2. The van der Waals surface area contributed by atoms with Crippen LogP contribution in [0.2, 0.25) is 0 Å². The summed E-state index contributed by atoms with van der Waals surface area (Å²) >= 11 is 0. The van der Waals surface area contributed by atoms with Crippen molar-refractivity contribution >= 4 is 11.9 Å². The zero-order valence-electron chi connectivity index (χ0n) is 10.9. The molecule has 1 aromatic rings. The molecule has 0 aliphatic heterocycles. The van der Waals surface area contributed by atoms with Gasteiger partial charge in [0.25, 0.3) is 0 Å². The Hall–Kier alpha value is -1.89. The highest BCUT2D eigenvalue weighted by molar-refractivity contribution is 5.93. The van der Waals surface area contributed by atoms with Gasteiger partial charge in [0, 0.05) is 0 Å². The standard InChI is InChI=1S/C11H18N4O3/c1-6(2)9(12)10(16)15-11-13-7(17-3)5-8(14-11)18-4/h5-6,9H,12H2,1-4H3,(H,13,14,15,16)/t9-/m0/s1. The summed E-state index contributed by atoms with van der Waals surface area (Å²) in [7, 11) is 2.93. The average molecular weight is 254 g/mol. The molecule has 7 heteroatoms. The highest BCUT2D eigenvalue weighted by Crippen LogP contribution is 2.17. The van der Waals surface area contributed by atoms with E-state index in [1.807, 2.05) is 13.8 Å². The summed E-state index contributed by atoms with van der Waals surface area (Å²) in [6.07, 6.45) is 0. The van der Waals surface area contributed by atoms with Crippen molar-refractivity contribution in [3.63, 3.8) is 0 Å². The maximum absolute atomic E-state index is 11.8. The summed E-state index contributed by atoms with van der Waals surface area (Å²) in [6, 6.07) is 0.892. The van der Waals surface area contributed by atoms with E-state index in [0.29, 0.717) is 11.8 Å². The second kappa shape index (κ2) is 6.15. The number of nitrogens with one attached hydrogen (secondary N) is 1. The summed E-state index contributed by atoms with van der Waals surface area (Å²) in [5.74, 6) is 0.385. The Bertz CT molecular complexity index is 400. The minimum Gasteiger partial charge on any atom is -0.481 e. The number of nitrogens with two attached hydrogens (primary N) is 1. The molecule has 7 nitrogen and oxygen atoms in total. The fraction of sp³-hybridized carbons (Fsp3) is 0.545. The lowest BCUT2D eigenvalue weighted by molar-refractivity contribution is -0.118. The van der Waals surface area contributed by atoms with Crippen molar-refractivity contribution in [2.24, 2.45) is 11.7 Å². The molecule has 0 spiro atoms. The van der Waals surface area contributed by atoms with E-state index in [1.165, 1.54) is 20.3 Å². The Morgan fingerprint density at radius 3 is 2.17 bits per heavy atom. The Morgan fingerprint density at radius 1 is 1.28 bits per heavy atom. The lowest BCUT2D eigenvalue weighted by atomic mass is 10.1. The Balaban J connectivity index is 2.86. The molecule has 0 saturated carbocycles. The van der Waals surface area contributed by atoms with E-state index in [-0.39, 0.29) is 17.8 Å². The van der Waals surface area contributed by atoms with Crippen LogP contribution in [0.15, 0.2) is 6.07 Å². The van der Waals surface area contributed by atoms with E-state index in [2.05, 4.69) is 15.3 Å². The van der Waals surface area contributed by atoms with Crippen LogP contribution in [0.4, 0.5) is 5.95 Å². The fourth-order valence-corrected chi connectivity index (χ4v) is 1.17. The number of carbonyl (C=O) groups excluding carboxylic acids is 1. The molecule has 0 saturated heterocycles. The van der Waals surface area contributed by atoms with E-state index in [9.17, 15) is 4.79 Å². The van der Waals surface area contributed by atoms with Crippen LogP contribution >= 0.6 is 0 Å². The van der Waals surface area contributed by atoms with Crippen LogP contribution in [-0.2, 0) is 4.79 Å². The highest BCUT2D eigenvalue weighted by atomic mass is 16.5. The van der Waals surface area contributed by atoms with Gasteiger partial charge in [0.2, 0.25) is 23.6 Å². The number of amides is 1. The molecule has 1 amide bonds. The van der Waals surface area contributed by atoms with Gasteiger partial charge in [-0.1, -0.05) is 13.8 Å². The smallest absolute Gasteiger partial charge is 0.243 e. The molecule has 1 aromatic heterocycles. The van der Waals surface area contributed by atoms with Crippen molar-refractivity contribution in [3.8, 4) is 11.8 Å². The minimum atomic E-state index is -0.620. The lowest BCUT2D eigenvalue weighted by Crippen LogP contribution is -2.40. The first-order valence-corrected chi connectivity index (χ1v) is 5.51. The Kier molecular flexibility index (Phi) is 4.85. The van der Waals surface area contributed by atoms with Gasteiger partial charge in [0.1, 0.15) is 0 Å². The molecule has 1 rings (SSSR count). The van der Waals surface area contributed by atoms with Crippen molar-refractivity contribution < 1.29 is 14.3 Å². The SMILES string of the molecule is COc1cc(OC)nc(NC(=O)[C@@H](N)C(C)C)n1. The van der Waals surface area contributed by atoms with Gasteiger partial charge in [-0.2, -0.15) is 9.97 Å². The van der Waals surface area contributed by atoms with Crippen molar-refractivity contribution in [1.82, 2.24) is 9.97 Å². The third kappa shape index (κ3) is 3.56. The topological polar surface area (TPSA) is 99.4 Å². The molecule has 0 aliphatic carbocycles. The largest absolute Gasteiger partial charge is 0.481 e. The van der Waals surface area contributed by atoms with Gasteiger partial charge in [0.15, 0.2) is 0 Å². The molecule has 0 radical (unpaired) electrons. The first-order chi connectivity index (χ1) is 8.47. The van der Waals surface area contributed by atoms with Crippen LogP contribution in [-0.4, -0.2) is 36.1 Å². The predicted molar refractivity (Wildman–Crippen MR) is 66.6 cm³/mol. The summed E-state index contributed by atoms with van der Waals surface area (Å²) < 4.78 is 9.95. The number of methoxy groups -OCH3 is 2. The molecule has 18 heavy (non-hydrogen) atoms. The lowest BCUT2D eigenvalue weighted by Gasteiger charge is -2.14. The minimum absolute atomic E-state index is 0.0255. The molecule has 0 aromatic carbocycles. The molecule has 3 N–H and O–H groups in total. The number of aromatic nitrogens is 2. The quantitative estimate of drug-likeness (QED) is 0.789. The van der Waals surface area contributed by atoms with E-state index in [4.69, 9.17) is 15.2 Å². The van der Waals surface area contributed by atoms with E-state index >= 15 is 0 Å². The van der Waals surface area contributed by atoms with Crippen LogP contribution in [0.25, 0.3) is 0 Å². The predicted octanol–water partition coefficient (Wildman–Crippen LogP) is 0.416. The highest BCUT2D eigenvalue weighted by Gasteiger charge is 2.18. The molecule has 1 heterocycles. The van der Waals surface area contributed by atoms with Gasteiger partial charge < -0.3 is 15.2 Å². The van der Waals surface area contributed by atoms with Crippen molar-refractivity contribution in [3.05, 3.63) is 6.07 Å². The third-order valence-corrected chi connectivity index (χ3v) is 2.35. The molecule has 100 valence electrons. The van der Waals surface area contributed by atoms with E-state index in [1.54, 1.807) is 0 Å². The number of anilines is 1. The van der Waals surface area contributed by atoms with Crippen LogP contribution in [0.3, 0.4) is 0 Å². The average Bonchev–Trinajstić information content (AvgIpc) is 2.36. The molecular weight excluding hydrogens is 236 g/mol. The molecule has 0 fully saturated rings. The van der Waals surface area contributed by atoms with Crippen molar-refractivity contribution in [2.75, 3.05) is 19.5 Å². The zero-order chi connectivity index (χ0) is 13.7. The number of hydrogen-bond donors (Lipinski definition) is 2. The number of carbonyl (C=O) groups is 1. The van der Waals surface area contributed by atoms with Gasteiger partial charge in [-0.25, -0.2) is 0 Å². The summed E-state index contributed by atoms with van der Waals surface area (Å²) in [5.41, 5.74) is 5.72. The molecular formula is C11H18N4O3. The summed E-state index contributed by atoms with van der Waals surface area (Å²) in [6.45, 7) is 3.72. The van der Waals surface area contributed by atoms with Gasteiger partial charge in [-0.3, -0.25) is 10.1 Å². The van der Waals surface area contributed by atoms with Crippen LogP contribution in [0, 0.1) is 5.92 Å². The summed E-state index contributed by atoms with van der Waals surface area (Å²) in [5, 5.41) is 2.53. The number of rotatable bonds is 5. The number of ether oxygens (including phenoxy) is 2. The monoisotopic (exact) mass is 254 g/mol. The normalized spacial score (nSPS) is 12.1. The first-order valence-electron chi connectivity index (χ1n) is 5.51. The maximum atomic E-state index is 11.8. The molecule has 1 atom stereocenters. The van der Waals surface area contributed by atoms with Crippen LogP contribution < -0.4 is 20.5 Å². The fourth-order valence-electron chi connectivity index (χ4n) is 1.17. The van der Waals surface area contributed by atoms with Gasteiger partial charge in [-0.15, -0.1) is 0 Å². The van der Waals surface area contributed by atoms with Gasteiger partial charge in [-0.05, 0) is 5.92 Å². The second-order valence-corrected chi connectivity index (χ2v) is 4.04. The molecule has 0 aliphatic rings. The van der Waals surface area contributed by atoms with Crippen LogP contribution in [0.1, 0.15) is 13.8 Å². The van der Waals surface area contributed by atoms with Crippen LogP contribution in [0.5, 0.6) is 11.8 Å². The number of hydrogen-bond acceptors (Lipinski definition) is 6. The third-order valence-electron chi connectivity index (χ3n) is 2.35. The van der Waals surface area contributed by atoms with E-state index in [0.717, 1.165) is 0 Å². The Labute approximate surface area is 106 Å². The second-order valence-electron chi connectivity index (χ2n) is 4.04. The van der Waals surface area contributed by atoms with Gasteiger partial charge in [0.05, 0.1) is 26.3 Å². The van der Waals surface area contributed by atoms with Crippen molar-refractivity contribution in [1.29, 1.82) is 0 Å². The molecule has 0 bridgehead atoms. The van der Waals surface area contributed by atoms with Crippen molar-refractivity contribution in [2.45, 2.75) is 19.9 Å². The Morgan fingerprint density at radius 2 is 1.78 bits per heavy atom.